The molecule has 0 aromatic carbocycles. The summed E-state index contributed by atoms with van der Waals surface area (Å²) in [6.07, 6.45) is 5.84. The second-order valence-electron chi connectivity index (χ2n) is 4.73. The summed E-state index contributed by atoms with van der Waals surface area (Å²) >= 11 is 0. The lowest BCUT2D eigenvalue weighted by Crippen LogP contribution is -2.56. The van der Waals surface area contributed by atoms with Crippen molar-refractivity contribution in [1.82, 2.24) is 5.32 Å². The highest BCUT2D eigenvalue weighted by Gasteiger charge is 2.43. The van der Waals surface area contributed by atoms with Crippen molar-refractivity contribution < 1.29 is 9.59 Å². The van der Waals surface area contributed by atoms with Gasteiger partial charge in [0, 0.05) is 0 Å². The average Bonchev–Trinajstić information content (AvgIpc) is 2.70. The number of nitrogens with two attached hydrogens (primary N) is 1. The van der Waals surface area contributed by atoms with Crippen molar-refractivity contribution in [3.8, 4) is 0 Å². The van der Waals surface area contributed by atoms with Gasteiger partial charge in [-0.1, -0.05) is 19.1 Å². The molecule has 0 aromatic rings. The van der Waals surface area contributed by atoms with Crippen LogP contribution >= 0.6 is 0 Å². The van der Waals surface area contributed by atoms with Gasteiger partial charge in [-0.2, -0.15) is 0 Å². The highest BCUT2D eigenvalue weighted by molar-refractivity contribution is 5.97. The minimum atomic E-state index is -0.843. The van der Waals surface area contributed by atoms with Gasteiger partial charge < -0.3 is 11.1 Å². The highest BCUT2D eigenvalue weighted by atomic mass is 16.2. The summed E-state index contributed by atoms with van der Waals surface area (Å²) in [6.45, 7) is 3.45. The van der Waals surface area contributed by atoms with Gasteiger partial charge in [0.1, 0.15) is 5.54 Å². The zero-order valence-corrected chi connectivity index (χ0v) is 10.2. The monoisotopic (exact) mass is 234 g/mol. The first kappa shape index (κ1) is 12.0. The summed E-state index contributed by atoms with van der Waals surface area (Å²) in [5.74, 6) is -0.247. The van der Waals surface area contributed by atoms with Gasteiger partial charge in [-0.3, -0.25) is 9.59 Å². The molecule has 0 fully saturated rings. The van der Waals surface area contributed by atoms with Crippen LogP contribution in [-0.2, 0) is 9.59 Å². The van der Waals surface area contributed by atoms with Crippen LogP contribution in [0.25, 0.3) is 0 Å². The smallest absolute Gasteiger partial charge is 0.238 e. The number of rotatable bonds is 2. The molecule has 92 valence electrons. The maximum atomic E-state index is 12.0. The molecule has 1 amide bonds. The van der Waals surface area contributed by atoms with Crippen LogP contribution in [0, 0.1) is 0 Å². The Morgan fingerprint density at radius 3 is 2.94 bits per heavy atom. The van der Waals surface area contributed by atoms with Crippen molar-refractivity contribution in [2.75, 3.05) is 0 Å². The maximum absolute atomic E-state index is 12.0. The van der Waals surface area contributed by atoms with Gasteiger partial charge >= 0.3 is 0 Å². The molecule has 4 heteroatoms. The third kappa shape index (κ3) is 1.72. The molecule has 2 unspecified atom stereocenters. The molecule has 1 aliphatic heterocycles. The third-order valence-electron chi connectivity index (χ3n) is 3.79. The molecule has 2 atom stereocenters. The molecule has 0 saturated carbocycles. The Labute approximate surface area is 101 Å². The molecule has 4 nitrogen and oxygen atoms in total. The minimum Gasteiger partial charge on any atom is -0.339 e. The Morgan fingerprint density at radius 2 is 2.35 bits per heavy atom. The largest absolute Gasteiger partial charge is 0.339 e. The van der Waals surface area contributed by atoms with Crippen molar-refractivity contribution in [1.29, 1.82) is 0 Å². The molecule has 17 heavy (non-hydrogen) atoms. The van der Waals surface area contributed by atoms with Crippen LogP contribution in [0.1, 0.15) is 33.1 Å². The van der Waals surface area contributed by atoms with E-state index in [1.54, 1.807) is 0 Å². The van der Waals surface area contributed by atoms with Crippen LogP contribution in [0.5, 0.6) is 0 Å². The van der Waals surface area contributed by atoms with Crippen LogP contribution in [0.4, 0.5) is 0 Å². The lowest BCUT2D eigenvalue weighted by molar-refractivity contribution is -0.130. The Hall–Kier alpha value is -1.42. The van der Waals surface area contributed by atoms with Crippen LogP contribution in [-0.4, -0.2) is 23.3 Å². The van der Waals surface area contributed by atoms with Gasteiger partial charge in [0.05, 0.1) is 6.04 Å². The molecule has 0 saturated heterocycles. The summed E-state index contributed by atoms with van der Waals surface area (Å²) in [5, 5.41) is 2.85. The molecule has 0 radical (unpaired) electrons. The van der Waals surface area contributed by atoms with Crippen molar-refractivity contribution in [2.45, 2.75) is 44.7 Å². The summed E-state index contributed by atoms with van der Waals surface area (Å²) in [7, 11) is 0. The quantitative estimate of drug-likeness (QED) is 0.743. The Bertz CT molecular complexity index is 437. The summed E-state index contributed by atoms with van der Waals surface area (Å²) < 4.78 is 0. The average molecular weight is 234 g/mol. The highest BCUT2D eigenvalue weighted by Crippen LogP contribution is 2.36. The van der Waals surface area contributed by atoms with Crippen molar-refractivity contribution >= 4 is 11.7 Å². The van der Waals surface area contributed by atoms with Gasteiger partial charge in [-0.15, -0.1) is 0 Å². The van der Waals surface area contributed by atoms with E-state index in [9.17, 15) is 9.59 Å². The van der Waals surface area contributed by atoms with E-state index in [0.29, 0.717) is 12.8 Å². The molecule has 0 aromatic heterocycles. The number of allylic oxidation sites excluding steroid dienone is 2. The molecule has 2 aliphatic rings. The van der Waals surface area contributed by atoms with Gasteiger partial charge in [-0.25, -0.2) is 0 Å². The fourth-order valence-electron chi connectivity index (χ4n) is 2.75. The maximum Gasteiger partial charge on any atom is 0.238 e. The summed E-state index contributed by atoms with van der Waals surface area (Å²) in [5.41, 5.74) is 7.05. The predicted molar refractivity (Wildman–Crippen MR) is 65.2 cm³/mol. The number of Topliss-reactive ketones (excluding diaryl/α,β-unsaturated/α-hetero) is 1. The molecule has 1 aliphatic carbocycles. The molecular formula is C13H18N2O2. The van der Waals surface area contributed by atoms with Gasteiger partial charge in [0.2, 0.25) is 5.91 Å². The first-order chi connectivity index (χ1) is 8.01. The Morgan fingerprint density at radius 1 is 1.65 bits per heavy atom. The second kappa shape index (κ2) is 4.11. The van der Waals surface area contributed by atoms with Crippen LogP contribution < -0.4 is 11.1 Å². The van der Waals surface area contributed by atoms with E-state index in [-0.39, 0.29) is 11.7 Å². The number of hydrogen-bond acceptors (Lipinski definition) is 3. The number of carbonyl (C=O) groups excluding carboxylic acids is 2. The molecule has 2 rings (SSSR count). The van der Waals surface area contributed by atoms with Crippen molar-refractivity contribution in [2.24, 2.45) is 5.73 Å². The Kier molecular flexibility index (Phi) is 2.91. The predicted octanol–water partition coefficient (Wildman–Crippen LogP) is 0.828. The number of ketones is 1. The van der Waals surface area contributed by atoms with Crippen molar-refractivity contribution in [3.63, 3.8) is 0 Å². The zero-order chi connectivity index (χ0) is 12.6. The third-order valence-corrected chi connectivity index (χ3v) is 3.79. The lowest BCUT2D eigenvalue weighted by Gasteiger charge is -2.32. The molecule has 0 bridgehead atoms. The summed E-state index contributed by atoms with van der Waals surface area (Å²) in [6, 6.07) is -0.560. The molecule has 0 spiro atoms. The van der Waals surface area contributed by atoms with Gasteiger partial charge in [0.15, 0.2) is 5.78 Å². The normalized spacial score (nSPS) is 32.2. The fraction of sp³-hybridized carbons (Fsp3) is 0.538. The number of hydrogen-bond donors (Lipinski definition) is 2. The number of amides is 1. The van der Waals surface area contributed by atoms with Crippen LogP contribution in [0.3, 0.4) is 0 Å². The zero-order valence-electron chi connectivity index (χ0n) is 10.2. The van der Waals surface area contributed by atoms with E-state index < -0.39 is 11.6 Å². The molecule has 3 N–H and O–H groups in total. The standard InChI is InChI=1S/C13H18N2O2/c1-3-13(8(2)16)10-6-4-5-9(10)7-11(14)12(17)15-13/h4-5,11H,3,6-7,14H2,1-2H3,(H,15,17). The van der Waals surface area contributed by atoms with E-state index >= 15 is 0 Å². The lowest BCUT2D eigenvalue weighted by atomic mass is 9.81. The second-order valence-corrected chi connectivity index (χ2v) is 4.73. The van der Waals surface area contributed by atoms with Crippen LogP contribution in [0.15, 0.2) is 23.3 Å². The Balaban J connectivity index is 2.53. The van der Waals surface area contributed by atoms with Crippen molar-refractivity contribution in [3.05, 3.63) is 23.3 Å². The first-order valence-electron chi connectivity index (χ1n) is 5.99. The topological polar surface area (TPSA) is 72.2 Å². The number of carbonyl (C=O) groups is 2. The van der Waals surface area contributed by atoms with Gasteiger partial charge in [-0.05, 0) is 37.3 Å². The van der Waals surface area contributed by atoms with Crippen LogP contribution in [0.2, 0.25) is 0 Å². The van der Waals surface area contributed by atoms with E-state index in [4.69, 9.17) is 5.73 Å². The minimum absolute atomic E-state index is 0.0151. The van der Waals surface area contributed by atoms with E-state index in [0.717, 1.165) is 17.6 Å². The summed E-state index contributed by atoms with van der Waals surface area (Å²) in [4.78, 5) is 23.9. The molecule has 1 heterocycles. The van der Waals surface area contributed by atoms with E-state index in [2.05, 4.69) is 5.32 Å². The first-order valence-corrected chi connectivity index (χ1v) is 5.99. The van der Waals surface area contributed by atoms with E-state index in [1.165, 1.54) is 6.92 Å². The van der Waals surface area contributed by atoms with Gasteiger partial charge in [0.25, 0.3) is 0 Å². The fourth-order valence-corrected chi connectivity index (χ4v) is 2.75. The van der Waals surface area contributed by atoms with E-state index in [1.807, 2.05) is 19.1 Å². The number of nitrogens with one attached hydrogen (secondary N) is 1. The molecular weight excluding hydrogens is 216 g/mol. The SMILES string of the molecule is CCC1(C(C)=O)NC(=O)C(N)CC2=C1CC=C2.